The minimum Gasteiger partial charge on any atom is -0.378 e. The van der Waals surface area contributed by atoms with Crippen LogP contribution in [0.3, 0.4) is 0 Å². The molecule has 2 N–H and O–H groups in total. The Morgan fingerprint density at radius 3 is 2.50 bits per heavy atom. The van der Waals surface area contributed by atoms with Crippen molar-refractivity contribution in [3.05, 3.63) is 0 Å². The van der Waals surface area contributed by atoms with Crippen LogP contribution in [-0.2, 0) is 4.74 Å². The van der Waals surface area contributed by atoms with Crippen LogP contribution in [0.5, 0.6) is 0 Å². The van der Waals surface area contributed by atoms with Gasteiger partial charge in [0, 0.05) is 44.9 Å². The summed E-state index contributed by atoms with van der Waals surface area (Å²) < 4.78 is 5.92. The third-order valence-electron chi connectivity index (χ3n) is 4.78. The molecular weight excluding hydrogens is 226 g/mol. The summed E-state index contributed by atoms with van der Waals surface area (Å²) in [6, 6.07) is 0. The van der Waals surface area contributed by atoms with Gasteiger partial charge in [0.25, 0.3) is 0 Å². The minimum absolute atomic E-state index is 0.189. The van der Waals surface area contributed by atoms with Crippen molar-refractivity contribution in [3.8, 4) is 0 Å². The van der Waals surface area contributed by atoms with E-state index in [4.69, 9.17) is 10.5 Å². The zero-order valence-corrected chi connectivity index (χ0v) is 12.2. The van der Waals surface area contributed by atoms with E-state index < -0.39 is 0 Å². The third-order valence-corrected chi connectivity index (χ3v) is 4.78. The fraction of sp³-hybridized carbons (Fsp3) is 1.00. The van der Waals surface area contributed by atoms with Gasteiger partial charge in [-0.25, -0.2) is 0 Å². The van der Waals surface area contributed by atoms with Gasteiger partial charge in [-0.3, -0.25) is 4.90 Å². The highest BCUT2D eigenvalue weighted by molar-refractivity contribution is 4.98. The molecule has 2 aliphatic rings. The lowest BCUT2D eigenvalue weighted by Gasteiger charge is -2.51. The number of rotatable bonds is 3. The fourth-order valence-electron chi connectivity index (χ4n) is 3.25. The van der Waals surface area contributed by atoms with Crippen LogP contribution in [0.15, 0.2) is 0 Å². The molecule has 0 aromatic rings. The molecule has 0 amide bonds. The molecular formula is C14H29N3O. The molecule has 0 saturated carbocycles. The van der Waals surface area contributed by atoms with Gasteiger partial charge in [-0.05, 0) is 25.8 Å². The van der Waals surface area contributed by atoms with Crippen molar-refractivity contribution >= 4 is 0 Å². The van der Waals surface area contributed by atoms with Crippen molar-refractivity contribution in [2.24, 2.45) is 11.7 Å². The smallest absolute Gasteiger partial charge is 0.0616 e. The maximum absolute atomic E-state index is 6.16. The Bertz CT molecular complexity index is 264. The average Bonchev–Trinajstić information content (AvgIpc) is 2.39. The Hall–Kier alpha value is -0.160. The lowest BCUT2D eigenvalue weighted by molar-refractivity contribution is -0.0950. The van der Waals surface area contributed by atoms with E-state index in [1.807, 2.05) is 0 Å². The standard InChI is InChI=1S/C14H29N3O/c1-12(2)13-10-14(11-15,4-9-18-13)17-7-5-16(3)6-8-17/h12-13H,4-11,15H2,1-3H3. The van der Waals surface area contributed by atoms with Gasteiger partial charge in [0.15, 0.2) is 0 Å². The van der Waals surface area contributed by atoms with E-state index in [0.29, 0.717) is 12.0 Å². The first-order valence-electron chi connectivity index (χ1n) is 7.33. The Balaban J connectivity index is 2.05. The molecule has 2 aliphatic heterocycles. The zero-order valence-electron chi connectivity index (χ0n) is 12.2. The molecule has 0 aromatic carbocycles. The van der Waals surface area contributed by atoms with Gasteiger partial charge < -0.3 is 15.4 Å². The van der Waals surface area contributed by atoms with E-state index in [-0.39, 0.29) is 5.54 Å². The van der Waals surface area contributed by atoms with Gasteiger partial charge in [0.05, 0.1) is 6.10 Å². The first kappa shape index (κ1) is 14.3. The van der Waals surface area contributed by atoms with E-state index in [9.17, 15) is 0 Å². The highest BCUT2D eigenvalue weighted by Crippen LogP contribution is 2.33. The van der Waals surface area contributed by atoms with Gasteiger partial charge in [0.1, 0.15) is 0 Å². The van der Waals surface area contributed by atoms with Crippen LogP contribution >= 0.6 is 0 Å². The molecule has 4 nitrogen and oxygen atoms in total. The Morgan fingerprint density at radius 2 is 1.94 bits per heavy atom. The van der Waals surface area contributed by atoms with Gasteiger partial charge >= 0.3 is 0 Å². The van der Waals surface area contributed by atoms with Gasteiger partial charge in [-0.1, -0.05) is 13.8 Å². The minimum atomic E-state index is 0.189. The summed E-state index contributed by atoms with van der Waals surface area (Å²) in [5.41, 5.74) is 6.34. The molecule has 4 heteroatoms. The van der Waals surface area contributed by atoms with Crippen molar-refractivity contribution < 1.29 is 4.74 Å². The summed E-state index contributed by atoms with van der Waals surface area (Å²) in [5.74, 6) is 0.587. The molecule has 18 heavy (non-hydrogen) atoms. The highest BCUT2D eigenvalue weighted by atomic mass is 16.5. The lowest BCUT2D eigenvalue weighted by atomic mass is 9.81. The second kappa shape index (κ2) is 5.87. The van der Waals surface area contributed by atoms with Crippen molar-refractivity contribution in [1.29, 1.82) is 0 Å². The number of likely N-dealkylation sites (N-methyl/N-ethyl adjacent to an activating group) is 1. The predicted octanol–water partition coefficient (Wildman–Crippen LogP) is 0.766. The van der Waals surface area contributed by atoms with Crippen LogP contribution in [0, 0.1) is 5.92 Å². The normalized spacial score (nSPS) is 36.2. The molecule has 0 bridgehead atoms. The molecule has 2 heterocycles. The van der Waals surface area contributed by atoms with Crippen LogP contribution in [0.2, 0.25) is 0 Å². The maximum atomic E-state index is 6.16. The second-order valence-electron chi connectivity index (χ2n) is 6.33. The molecule has 2 rings (SSSR count). The van der Waals surface area contributed by atoms with Crippen molar-refractivity contribution in [1.82, 2.24) is 9.80 Å². The monoisotopic (exact) mass is 255 g/mol. The summed E-state index contributed by atoms with van der Waals surface area (Å²) in [5, 5.41) is 0. The number of hydrogen-bond acceptors (Lipinski definition) is 4. The zero-order chi connectivity index (χ0) is 13.2. The SMILES string of the molecule is CC(C)C1CC(CN)(N2CCN(C)CC2)CCO1. The number of piperazine rings is 1. The summed E-state index contributed by atoms with van der Waals surface area (Å²) in [4.78, 5) is 5.03. The van der Waals surface area contributed by atoms with Crippen LogP contribution in [0.4, 0.5) is 0 Å². The number of ether oxygens (including phenoxy) is 1. The topological polar surface area (TPSA) is 41.7 Å². The van der Waals surface area contributed by atoms with Crippen LogP contribution in [0.25, 0.3) is 0 Å². The van der Waals surface area contributed by atoms with Crippen LogP contribution < -0.4 is 5.73 Å². The van der Waals surface area contributed by atoms with Gasteiger partial charge in [-0.15, -0.1) is 0 Å². The molecule has 0 spiro atoms. The molecule has 2 saturated heterocycles. The highest BCUT2D eigenvalue weighted by Gasteiger charge is 2.42. The number of nitrogens with two attached hydrogens (primary N) is 1. The number of nitrogens with zero attached hydrogens (tertiary/aromatic N) is 2. The first-order chi connectivity index (χ1) is 8.57. The summed E-state index contributed by atoms with van der Waals surface area (Å²) >= 11 is 0. The van der Waals surface area contributed by atoms with Crippen molar-refractivity contribution in [2.45, 2.75) is 38.3 Å². The van der Waals surface area contributed by atoms with Crippen molar-refractivity contribution in [2.75, 3.05) is 46.4 Å². The van der Waals surface area contributed by atoms with E-state index in [2.05, 4.69) is 30.7 Å². The number of hydrogen-bond donors (Lipinski definition) is 1. The van der Waals surface area contributed by atoms with E-state index >= 15 is 0 Å². The maximum Gasteiger partial charge on any atom is 0.0616 e. The molecule has 0 aliphatic carbocycles. The summed E-state index contributed by atoms with van der Waals surface area (Å²) in [6.45, 7) is 10.8. The second-order valence-corrected chi connectivity index (χ2v) is 6.33. The molecule has 2 atom stereocenters. The molecule has 2 unspecified atom stereocenters. The molecule has 0 radical (unpaired) electrons. The molecule has 0 aromatic heterocycles. The van der Waals surface area contributed by atoms with Gasteiger partial charge in [-0.2, -0.15) is 0 Å². The first-order valence-corrected chi connectivity index (χ1v) is 7.33. The third kappa shape index (κ3) is 2.87. The van der Waals surface area contributed by atoms with Crippen LogP contribution in [0.1, 0.15) is 26.7 Å². The lowest BCUT2D eigenvalue weighted by Crippen LogP contribution is -2.63. The molecule has 2 fully saturated rings. The summed E-state index contributed by atoms with van der Waals surface area (Å²) in [7, 11) is 2.20. The van der Waals surface area contributed by atoms with E-state index in [0.717, 1.165) is 52.2 Å². The Kier molecular flexibility index (Phi) is 4.64. The largest absolute Gasteiger partial charge is 0.378 e. The van der Waals surface area contributed by atoms with Crippen LogP contribution in [-0.4, -0.2) is 67.8 Å². The quantitative estimate of drug-likeness (QED) is 0.809. The average molecular weight is 255 g/mol. The van der Waals surface area contributed by atoms with Crippen molar-refractivity contribution in [3.63, 3.8) is 0 Å². The van der Waals surface area contributed by atoms with E-state index in [1.54, 1.807) is 0 Å². The predicted molar refractivity (Wildman–Crippen MR) is 74.7 cm³/mol. The summed E-state index contributed by atoms with van der Waals surface area (Å²) in [6.07, 6.45) is 2.57. The van der Waals surface area contributed by atoms with E-state index in [1.165, 1.54) is 0 Å². The Morgan fingerprint density at radius 1 is 1.28 bits per heavy atom. The fourth-order valence-corrected chi connectivity index (χ4v) is 3.25. The molecule has 106 valence electrons. The van der Waals surface area contributed by atoms with Gasteiger partial charge in [0.2, 0.25) is 0 Å². The Labute approximate surface area is 111 Å².